The normalized spacial score (nSPS) is 30.1. The minimum atomic E-state index is -1.09. The Hall–Kier alpha value is -1.72. The predicted octanol–water partition coefficient (Wildman–Crippen LogP) is 3.64. The lowest BCUT2D eigenvalue weighted by Gasteiger charge is -2.39. The summed E-state index contributed by atoms with van der Waals surface area (Å²) in [7, 11) is 0. The van der Waals surface area contributed by atoms with Crippen molar-refractivity contribution in [2.24, 2.45) is 0 Å². The van der Waals surface area contributed by atoms with Gasteiger partial charge in [0.15, 0.2) is 0 Å². The van der Waals surface area contributed by atoms with Crippen molar-refractivity contribution in [3.8, 4) is 0 Å². The maximum Gasteiger partial charge on any atom is 0.256 e. The number of hydrogen-bond acceptors (Lipinski definition) is 4. The molecule has 1 saturated heterocycles. The van der Waals surface area contributed by atoms with Gasteiger partial charge < -0.3 is 0 Å². The van der Waals surface area contributed by atoms with E-state index in [4.69, 9.17) is 19.6 Å². The van der Waals surface area contributed by atoms with E-state index < -0.39 is 11.6 Å². The Kier molecular flexibility index (Phi) is 3.31. The van der Waals surface area contributed by atoms with Crippen molar-refractivity contribution in [3.05, 3.63) is 71.8 Å². The average molecular weight is 272 g/mol. The molecule has 1 aliphatic rings. The molecule has 0 aliphatic carbocycles. The molecule has 2 aromatic carbocycles. The second-order valence-electron chi connectivity index (χ2n) is 4.96. The van der Waals surface area contributed by atoms with E-state index in [1.54, 1.807) is 13.8 Å². The first-order valence-corrected chi connectivity index (χ1v) is 6.47. The van der Waals surface area contributed by atoms with Gasteiger partial charge in [-0.15, -0.1) is 0 Å². The minimum absolute atomic E-state index is 0.815. The Labute approximate surface area is 117 Å². The van der Waals surface area contributed by atoms with Crippen LogP contribution in [-0.2, 0) is 31.1 Å². The highest BCUT2D eigenvalue weighted by atomic mass is 17.4. The molecule has 1 heterocycles. The highest BCUT2D eigenvalue weighted by Gasteiger charge is 2.45. The van der Waals surface area contributed by atoms with Crippen LogP contribution in [0, 0.1) is 0 Å². The van der Waals surface area contributed by atoms with Gasteiger partial charge in [-0.2, -0.15) is 19.6 Å². The van der Waals surface area contributed by atoms with Crippen molar-refractivity contribution < 1.29 is 19.6 Å². The van der Waals surface area contributed by atoms with E-state index in [0.29, 0.717) is 0 Å². The molecule has 0 unspecified atom stereocenters. The summed E-state index contributed by atoms with van der Waals surface area (Å²) in [5.74, 6) is -2.18. The first-order chi connectivity index (χ1) is 9.62. The standard InChI is InChI=1S/C16H16O4/c1-15(13-9-5-3-6-10-13)17-19-16(2,20-18-15)14-11-7-4-8-12-14/h3-12H,1-2H3. The van der Waals surface area contributed by atoms with E-state index in [1.807, 2.05) is 60.7 Å². The quantitative estimate of drug-likeness (QED) is 0.782. The van der Waals surface area contributed by atoms with E-state index in [-0.39, 0.29) is 0 Å². The van der Waals surface area contributed by atoms with Crippen LogP contribution in [0.25, 0.3) is 0 Å². The lowest BCUT2D eigenvalue weighted by molar-refractivity contribution is -0.664. The first-order valence-electron chi connectivity index (χ1n) is 6.47. The second-order valence-corrected chi connectivity index (χ2v) is 4.96. The molecule has 0 bridgehead atoms. The fourth-order valence-electron chi connectivity index (χ4n) is 2.02. The van der Waals surface area contributed by atoms with Crippen molar-refractivity contribution in [1.29, 1.82) is 0 Å². The molecule has 20 heavy (non-hydrogen) atoms. The zero-order valence-corrected chi connectivity index (χ0v) is 11.4. The van der Waals surface area contributed by atoms with E-state index in [1.165, 1.54) is 0 Å². The summed E-state index contributed by atoms with van der Waals surface area (Å²) in [5, 5.41) is 0. The lowest BCUT2D eigenvalue weighted by atomic mass is 10.1. The van der Waals surface area contributed by atoms with Gasteiger partial charge in [0.2, 0.25) is 0 Å². The molecule has 0 radical (unpaired) electrons. The maximum atomic E-state index is 5.47. The van der Waals surface area contributed by atoms with Gasteiger partial charge in [-0.3, -0.25) is 0 Å². The molecule has 0 atom stereocenters. The van der Waals surface area contributed by atoms with Gasteiger partial charge in [0.1, 0.15) is 0 Å². The smallest absolute Gasteiger partial charge is 0.190 e. The van der Waals surface area contributed by atoms with Crippen molar-refractivity contribution in [2.45, 2.75) is 25.4 Å². The summed E-state index contributed by atoms with van der Waals surface area (Å²) in [5.41, 5.74) is 1.63. The summed E-state index contributed by atoms with van der Waals surface area (Å²) in [6.07, 6.45) is 0. The Morgan fingerprint density at radius 1 is 0.550 bits per heavy atom. The van der Waals surface area contributed by atoms with E-state index in [0.717, 1.165) is 11.1 Å². The topological polar surface area (TPSA) is 36.9 Å². The van der Waals surface area contributed by atoms with E-state index in [9.17, 15) is 0 Å². The third-order valence-corrected chi connectivity index (χ3v) is 3.32. The van der Waals surface area contributed by atoms with Crippen LogP contribution in [-0.4, -0.2) is 0 Å². The number of benzene rings is 2. The largest absolute Gasteiger partial charge is 0.256 e. The van der Waals surface area contributed by atoms with Crippen LogP contribution in [0.3, 0.4) is 0 Å². The van der Waals surface area contributed by atoms with Crippen LogP contribution in [0.15, 0.2) is 60.7 Å². The van der Waals surface area contributed by atoms with Crippen molar-refractivity contribution in [3.63, 3.8) is 0 Å². The Morgan fingerprint density at radius 3 is 1.15 bits per heavy atom. The van der Waals surface area contributed by atoms with Crippen LogP contribution in [0.2, 0.25) is 0 Å². The fraction of sp³-hybridized carbons (Fsp3) is 0.250. The van der Waals surface area contributed by atoms with Crippen LogP contribution < -0.4 is 0 Å². The zero-order valence-electron chi connectivity index (χ0n) is 11.4. The molecule has 0 spiro atoms. The molecule has 0 aromatic heterocycles. The van der Waals surface area contributed by atoms with Crippen molar-refractivity contribution >= 4 is 0 Å². The Morgan fingerprint density at radius 2 is 0.850 bits per heavy atom. The summed E-state index contributed by atoms with van der Waals surface area (Å²) < 4.78 is 0. The zero-order chi connectivity index (χ0) is 14.1. The Bertz CT molecular complexity index is 506. The Balaban J connectivity index is 1.80. The summed E-state index contributed by atoms with van der Waals surface area (Å²) in [6, 6.07) is 19.0. The molecule has 104 valence electrons. The molecular formula is C16H16O4. The van der Waals surface area contributed by atoms with Crippen molar-refractivity contribution in [2.75, 3.05) is 0 Å². The van der Waals surface area contributed by atoms with E-state index >= 15 is 0 Å². The summed E-state index contributed by atoms with van der Waals surface area (Å²) >= 11 is 0. The fourth-order valence-corrected chi connectivity index (χ4v) is 2.02. The van der Waals surface area contributed by atoms with Gasteiger partial charge in [-0.05, 0) is 13.8 Å². The molecule has 3 rings (SSSR count). The molecule has 0 amide bonds. The molecule has 2 aromatic rings. The van der Waals surface area contributed by atoms with Gasteiger partial charge in [0.25, 0.3) is 11.6 Å². The van der Waals surface area contributed by atoms with Crippen molar-refractivity contribution in [1.82, 2.24) is 0 Å². The molecule has 4 heteroatoms. The third kappa shape index (κ3) is 2.34. The highest BCUT2D eigenvalue weighted by molar-refractivity contribution is 5.21. The van der Waals surface area contributed by atoms with Gasteiger partial charge in [-0.25, -0.2) is 0 Å². The molecule has 1 fully saturated rings. The minimum Gasteiger partial charge on any atom is -0.190 e. The van der Waals surface area contributed by atoms with Crippen LogP contribution in [0.5, 0.6) is 0 Å². The van der Waals surface area contributed by atoms with E-state index in [2.05, 4.69) is 0 Å². The van der Waals surface area contributed by atoms with Gasteiger partial charge in [0.05, 0.1) is 0 Å². The summed E-state index contributed by atoms with van der Waals surface area (Å²) in [4.78, 5) is 21.9. The molecule has 0 saturated carbocycles. The van der Waals surface area contributed by atoms with Crippen LogP contribution >= 0.6 is 0 Å². The maximum absolute atomic E-state index is 5.47. The monoisotopic (exact) mass is 272 g/mol. The number of rotatable bonds is 2. The number of hydrogen-bond donors (Lipinski definition) is 0. The highest BCUT2D eigenvalue weighted by Crippen LogP contribution is 2.40. The lowest BCUT2D eigenvalue weighted by Crippen LogP contribution is -2.44. The first kappa shape index (κ1) is 13.3. The summed E-state index contributed by atoms with van der Waals surface area (Å²) in [6.45, 7) is 3.49. The molecular weight excluding hydrogens is 256 g/mol. The van der Waals surface area contributed by atoms with Gasteiger partial charge >= 0.3 is 0 Å². The SMILES string of the molecule is CC1(c2ccccc2)OOC(C)(c2ccccc2)OO1. The van der Waals surface area contributed by atoms with Crippen LogP contribution in [0.1, 0.15) is 25.0 Å². The molecule has 1 aliphatic heterocycles. The average Bonchev–Trinajstić information content (AvgIpc) is 2.52. The third-order valence-electron chi connectivity index (χ3n) is 3.32. The second kappa shape index (κ2) is 5.00. The van der Waals surface area contributed by atoms with Gasteiger partial charge in [0, 0.05) is 11.1 Å². The molecule has 4 nitrogen and oxygen atoms in total. The van der Waals surface area contributed by atoms with Crippen LogP contribution in [0.4, 0.5) is 0 Å². The predicted molar refractivity (Wildman–Crippen MR) is 71.9 cm³/mol. The van der Waals surface area contributed by atoms with Gasteiger partial charge in [-0.1, -0.05) is 60.7 Å². The molecule has 0 N–H and O–H groups in total.